The number of benzene rings is 1. The smallest absolute Gasteiger partial charge is 0.0241 e. The second kappa shape index (κ2) is 5.19. The molecular formula is C15H24N2. The van der Waals surface area contributed by atoms with Crippen LogP contribution in [0.3, 0.4) is 0 Å². The van der Waals surface area contributed by atoms with E-state index >= 15 is 0 Å². The molecule has 2 atom stereocenters. The monoisotopic (exact) mass is 232 g/mol. The van der Waals surface area contributed by atoms with Crippen LogP contribution in [-0.2, 0) is 6.54 Å². The van der Waals surface area contributed by atoms with Crippen LogP contribution >= 0.6 is 0 Å². The highest BCUT2D eigenvalue weighted by molar-refractivity contribution is 5.33. The molecule has 1 aliphatic heterocycles. The summed E-state index contributed by atoms with van der Waals surface area (Å²) in [5, 5.41) is 0. The van der Waals surface area contributed by atoms with Crippen molar-refractivity contribution in [3.63, 3.8) is 0 Å². The molecule has 1 aromatic carbocycles. The fourth-order valence-electron chi connectivity index (χ4n) is 2.91. The summed E-state index contributed by atoms with van der Waals surface area (Å²) in [6.07, 6.45) is 1.25. The number of likely N-dealkylation sites (tertiary alicyclic amines) is 1. The number of hydrogen-bond acceptors (Lipinski definition) is 2. The molecule has 1 heterocycles. The second-order valence-electron chi connectivity index (χ2n) is 5.49. The maximum absolute atomic E-state index is 5.78. The highest BCUT2D eigenvalue weighted by Gasteiger charge is 2.28. The molecule has 1 saturated heterocycles. The van der Waals surface area contributed by atoms with Gasteiger partial charge in [-0.05, 0) is 56.3 Å². The maximum atomic E-state index is 5.78. The van der Waals surface area contributed by atoms with Crippen molar-refractivity contribution in [1.29, 1.82) is 0 Å². The molecule has 17 heavy (non-hydrogen) atoms. The predicted octanol–water partition coefficient (Wildman–Crippen LogP) is 2.47. The maximum Gasteiger partial charge on any atom is 0.0241 e. The Hall–Kier alpha value is -0.860. The topological polar surface area (TPSA) is 29.3 Å². The highest BCUT2D eigenvalue weighted by Crippen LogP contribution is 2.26. The minimum Gasteiger partial charge on any atom is -0.330 e. The number of hydrogen-bond donors (Lipinski definition) is 1. The van der Waals surface area contributed by atoms with Crippen molar-refractivity contribution < 1.29 is 0 Å². The Labute approximate surface area is 105 Å². The average molecular weight is 232 g/mol. The van der Waals surface area contributed by atoms with E-state index < -0.39 is 0 Å². The minimum absolute atomic E-state index is 0.669. The van der Waals surface area contributed by atoms with E-state index in [1.54, 1.807) is 0 Å². The number of nitrogens with two attached hydrogens (primary N) is 1. The summed E-state index contributed by atoms with van der Waals surface area (Å²) in [7, 11) is 0. The molecule has 2 rings (SSSR count). The first-order valence-electron chi connectivity index (χ1n) is 6.61. The summed E-state index contributed by atoms with van der Waals surface area (Å²) < 4.78 is 0. The third kappa shape index (κ3) is 2.70. The molecule has 0 amide bonds. The molecule has 2 N–H and O–H groups in total. The lowest BCUT2D eigenvalue weighted by Gasteiger charge is -2.23. The van der Waals surface area contributed by atoms with Crippen LogP contribution < -0.4 is 5.73 Å². The largest absolute Gasteiger partial charge is 0.330 e. The van der Waals surface area contributed by atoms with Gasteiger partial charge in [-0.15, -0.1) is 0 Å². The summed E-state index contributed by atoms with van der Waals surface area (Å²) in [5.41, 5.74) is 10.1. The fourth-order valence-corrected chi connectivity index (χ4v) is 2.91. The zero-order chi connectivity index (χ0) is 12.4. The van der Waals surface area contributed by atoms with Gasteiger partial charge in [0.25, 0.3) is 0 Å². The van der Waals surface area contributed by atoms with Crippen LogP contribution in [0, 0.1) is 19.8 Å². The summed E-state index contributed by atoms with van der Waals surface area (Å²) in [5.74, 6) is 0.689. The van der Waals surface area contributed by atoms with Gasteiger partial charge in [0, 0.05) is 19.1 Å². The predicted molar refractivity (Wildman–Crippen MR) is 72.9 cm³/mol. The zero-order valence-electron chi connectivity index (χ0n) is 11.2. The van der Waals surface area contributed by atoms with Gasteiger partial charge in [-0.3, -0.25) is 4.90 Å². The molecule has 94 valence electrons. The fraction of sp³-hybridized carbons (Fsp3) is 0.600. The molecule has 1 fully saturated rings. The quantitative estimate of drug-likeness (QED) is 0.867. The van der Waals surface area contributed by atoms with E-state index in [0.29, 0.717) is 12.0 Å². The third-order valence-electron chi connectivity index (χ3n) is 4.13. The standard InChI is InChI=1S/C15H24N2/c1-11-5-4-6-12(2)15(11)10-17-9-14(8-16)7-13(17)3/h4-6,13-14H,7-10,16H2,1-3H3. The average Bonchev–Trinajstić information content (AvgIpc) is 2.65. The van der Waals surface area contributed by atoms with E-state index in [1.807, 2.05) is 0 Å². The minimum atomic E-state index is 0.669. The van der Waals surface area contributed by atoms with Gasteiger partial charge >= 0.3 is 0 Å². The number of aryl methyl sites for hydroxylation is 2. The van der Waals surface area contributed by atoms with E-state index in [2.05, 4.69) is 43.9 Å². The summed E-state index contributed by atoms with van der Waals surface area (Å²) >= 11 is 0. The Balaban J connectivity index is 2.11. The Morgan fingerprint density at radius 2 is 1.94 bits per heavy atom. The first kappa shape index (κ1) is 12.6. The van der Waals surface area contributed by atoms with Gasteiger partial charge in [0.1, 0.15) is 0 Å². The van der Waals surface area contributed by atoms with E-state index in [1.165, 1.54) is 23.1 Å². The van der Waals surface area contributed by atoms with Crippen molar-refractivity contribution >= 4 is 0 Å². The van der Waals surface area contributed by atoms with Crippen LogP contribution in [0.4, 0.5) is 0 Å². The van der Waals surface area contributed by atoms with Gasteiger partial charge in [0.05, 0.1) is 0 Å². The van der Waals surface area contributed by atoms with Crippen LogP contribution in [0.15, 0.2) is 18.2 Å². The van der Waals surface area contributed by atoms with Gasteiger partial charge in [-0.25, -0.2) is 0 Å². The van der Waals surface area contributed by atoms with Crippen molar-refractivity contribution in [2.75, 3.05) is 13.1 Å². The molecule has 0 saturated carbocycles. The van der Waals surface area contributed by atoms with Crippen LogP contribution in [-0.4, -0.2) is 24.0 Å². The SMILES string of the molecule is Cc1cccc(C)c1CN1CC(CN)CC1C. The molecule has 0 bridgehead atoms. The van der Waals surface area contributed by atoms with E-state index in [4.69, 9.17) is 5.73 Å². The summed E-state index contributed by atoms with van der Waals surface area (Å²) in [6, 6.07) is 7.24. The highest BCUT2D eigenvalue weighted by atomic mass is 15.2. The van der Waals surface area contributed by atoms with E-state index in [9.17, 15) is 0 Å². The molecule has 0 aliphatic carbocycles. The van der Waals surface area contributed by atoms with Gasteiger partial charge < -0.3 is 5.73 Å². The number of rotatable bonds is 3. The second-order valence-corrected chi connectivity index (χ2v) is 5.49. The van der Waals surface area contributed by atoms with Crippen LogP contribution in [0.1, 0.15) is 30.0 Å². The molecule has 1 aliphatic rings. The van der Waals surface area contributed by atoms with Crippen molar-refractivity contribution in [2.24, 2.45) is 11.7 Å². The van der Waals surface area contributed by atoms with Crippen molar-refractivity contribution in [1.82, 2.24) is 4.90 Å². The number of nitrogens with zero attached hydrogens (tertiary/aromatic N) is 1. The van der Waals surface area contributed by atoms with Gasteiger partial charge in [-0.1, -0.05) is 18.2 Å². The third-order valence-corrected chi connectivity index (χ3v) is 4.13. The van der Waals surface area contributed by atoms with Gasteiger partial charge in [0.15, 0.2) is 0 Å². The van der Waals surface area contributed by atoms with Gasteiger partial charge in [0.2, 0.25) is 0 Å². The Morgan fingerprint density at radius 3 is 2.47 bits per heavy atom. The van der Waals surface area contributed by atoms with E-state index in [-0.39, 0.29) is 0 Å². The first-order chi connectivity index (χ1) is 8.11. The molecule has 0 radical (unpaired) electrons. The molecule has 1 aromatic rings. The van der Waals surface area contributed by atoms with Crippen LogP contribution in [0.5, 0.6) is 0 Å². The van der Waals surface area contributed by atoms with Crippen LogP contribution in [0.25, 0.3) is 0 Å². The summed E-state index contributed by atoms with van der Waals surface area (Å²) in [6.45, 7) is 9.81. The first-order valence-corrected chi connectivity index (χ1v) is 6.61. The molecule has 0 aromatic heterocycles. The molecule has 2 unspecified atom stereocenters. The summed E-state index contributed by atoms with van der Waals surface area (Å²) in [4.78, 5) is 2.58. The van der Waals surface area contributed by atoms with Crippen LogP contribution in [0.2, 0.25) is 0 Å². The van der Waals surface area contributed by atoms with Crippen molar-refractivity contribution in [3.05, 3.63) is 34.9 Å². The molecule has 0 spiro atoms. The van der Waals surface area contributed by atoms with E-state index in [0.717, 1.165) is 19.6 Å². The zero-order valence-corrected chi connectivity index (χ0v) is 11.2. The Bertz CT molecular complexity index is 366. The lowest BCUT2D eigenvalue weighted by Crippen LogP contribution is -2.28. The molecule has 2 heteroatoms. The van der Waals surface area contributed by atoms with Crippen molar-refractivity contribution in [2.45, 2.75) is 39.8 Å². The normalized spacial score (nSPS) is 25.4. The van der Waals surface area contributed by atoms with Gasteiger partial charge in [-0.2, -0.15) is 0 Å². The molecular weight excluding hydrogens is 208 g/mol. The van der Waals surface area contributed by atoms with Crippen molar-refractivity contribution in [3.8, 4) is 0 Å². The Kier molecular flexibility index (Phi) is 3.85. The molecule has 2 nitrogen and oxygen atoms in total. The Morgan fingerprint density at radius 1 is 1.29 bits per heavy atom. The lowest BCUT2D eigenvalue weighted by molar-refractivity contribution is 0.255. The lowest BCUT2D eigenvalue weighted by atomic mass is 10.0.